The molecular formula is C15H24ClN3O2. The maximum atomic E-state index is 11.8. The van der Waals surface area contributed by atoms with Crippen LogP contribution in [-0.4, -0.2) is 44.2 Å². The van der Waals surface area contributed by atoms with Crippen LogP contribution in [0.3, 0.4) is 0 Å². The summed E-state index contributed by atoms with van der Waals surface area (Å²) in [6.45, 7) is 7.94. The summed E-state index contributed by atoms with van der Waals surface area (Å²) in [6.07, 6.45) is 0.918. The van der Waals surface area contributed by atoms with Crippen LogP contribution < -0.4 is 15.4 Å². The van der Waals surface area contributed by atoms with Crippen molar-refractivity contribution in [3.63, 3.8) is 0 Å². The Morgan fingerprint density at radius 1 is 1.33 bits per heavy atom. The van der Waals surface area contributed by atoms with Gasteiger partial charge < -0.3 is 20.3 Å². The van der Waals surface area contributed by atoms with Crippen molar-refractivity contribution < 1.29 is 9.53 Å². The van der Waals surface area contributed by atoms with Gasteiger partial charge in [-0.15, -0.1) is 0 Å². The number of rotatable bonds is 8. The van der Waals surface area contributed by atoms with Gasteiger partial charge in [0.05, 0.1) is 12.8 Å². The SMILES string of the molecule is CCN(CC)CCCNC(=O)Nc1cc(Cl)ccc1OC. The summed E-state index contributed by atoms with van der Waals surface area (Å²) in [5.41, 5.74) is 0.561. The van der Waals surface area contributed by atoms with Crippen LogP contribution in [0.5, 0.6) is 5.75 Å². The Bertz CT molecular complexity index is 451. The zero-order chi connectivity index (χ0) is 15.7. The highest BCUT2D eigenvalue weighted by atomic mass is 35.5. The molecule has 1 rings (SSSR count). The molecule has 0 unspecified atom stereocenters. The largest absolute Gasteiger partial charge is 0.495 e. The molecule has 2 amide bonds. The Kier molecular flexibility index (Phi) is 7.93. The molecule has 0 aliphatic heterocycles. The molecule has 21 heavy (non-hydrogen) atoms. The van der Waals surface area contributed by atoms with Gasteiger partial charge in [0.15, 0.2) is 0 Å². The van der Waals surface area contributed by atoms with Crippen molar-refractivity contribution in [1.29, 1.82) is 0 Å². The summed E-state index contributed by atoms with van der Waals surface area (Å²) >= 11 is 5.92. The number of benzene rings is 1. The second-order valence-corrected chi connectivity index (χ2v) is 5.04. The predicted molar refractivity (Wildman–Crippen MR) is 87.4 cm³/mol. The highest BCUT2D eigenvalue weighted by Crippen LogP contribution is 2.27. The van der Waals surface area contributed by atoms with Crippen LogP contribution >= 0.6 is 11.6 Å². The van der Waals surface area contributed by atoms with Gasteiger partial charge in [0.25, 0.3) is 0 Å². The fourth-order valence-electron chi connectivity index (χ4n) is 1.99. The predicted octanol–water partition coefficient (Wildman–Crippen LogP) is 3.20. The lowest BCUT2D eigenvalue weighted by Gasteiger charge is -2.17. The van der Waals surface area contributed by atoms with Crippen LogP contribution in [0.2, 0.25) is 5.02 Å². The maximum absolute atomic E-state index is 11.8. The second-order valence-electron chi connectivity index (χ2n) is 4.61. The lowest BCUT2D eigenvalue weighted by molar-refractivity contribution is 0.250. The van der Waals surface area contributed by atoms with Crippen LogP contribution in [0.15, 0.2) is 18.2 Å². The molecule has 0 fully saturated rings. The lowest BCUT2D eigenvalue weighted by atomic mass is 10.3. The molecule has 118 valence electrons. The molecule has 0 atom stereocenters. The minimum atomic E-state index is -0.255. The van der Waals surface area contributed by atoms with Crippen LogP contribution in [-0.2, 0) is 0 Å². The summed E-state index contributed by atoms with van der Waals surface area (Å²) in [4.78, 5) is 14.2. The highest BCUT2D eigenvalue weighted by Gasteiger charge is 2.08. The van der Waals surface area contributed by atoms with Crippen molar-refractivity contribution in [2.24, 2.45) is 0 Å². The van der Waals surface area contributed by atoms with Gasteiger partial charge in [-0.2, -0.15) is 0 Å². The normalized spacial score (nSPS) is 10.5. The van der Waals surface area contributed by atoms with E-state index in [4.69, 9.17) is 16.3 Å². The average molecular weight is 314 g/mol. The molecule has 0 spiro atoms. The minimum Gasteiger partial charge on any atom is -0.495 e. The van der Waals surface area contributed by atoms with Crippen molar-refractivity contribution in [3.8, 4) is 5.75 Å². The molecule has 6 heteroatoms. The van der Waals surface area contributed by atoms with Crippen LogP contribution in [0.1, 0.15) is 20.3 Å². The van der Waals surface area contributed by atoms with Crippen molar-refractivity contribution in [2.75, 3.05) is 38.6 Å². The van der Waals surface area contributed by atoms with E-state index in [2.05, 4.69) is 29.4 Å². The molecule has 0 aromatic heterocycles. The van der Waals surface area contributed by atoms with E-state index < -0.39 is 0 Å². The second kappa shape index (κ2) is 9.47. The van der Waals surface area contributed by atoms with Crippen LogP contribution in [0, 0.1) is 0 Å². The van der Waals surface area contributed by atoms with Gasteiger partial charge in [-0.3, -0.25) is 0 Å². The summed E-state index contributed by atoms with van der Waals surface area (Å²) in [6, 6.07) is 4.84. The minimum absolute atomic E-state index is 0.255. The molecular weight excluding hydrogens is 290 g/mol. The molecule has 1 aromatic rings. The van der Waals surface area contributed by atoms with Gasteiger partial charge in [0.1, 0.15) is 5.75 Å². The third kappa shape index (κ3) is 6.23. The summed E-state index contributed by atoms with van der Waals surface area (Å²) < 4.78 is 5.18. The molecule has 0 heterocycles. The van der Waals surface area contributed by atoms with Gasteiger partial charge >= 0.3 is 6.03 Å². The first-order valence-corrected chi connectivity index (χ1v) is 7.59. The zero-order valence-corrected chi connectivity index (χ0v) is 13.7. The molecule has 0 saturated carbocycles. The highest BCUT2D eigenvalue weighted by molar-refractivity contribution is 6.31. The van der Waals surface area contributed by atoms with E-state index in [-0.39, 0.29) is 6.03 Å². The number of urea groups is 1. The summed E-state index contributed by atoms with van der Waals surface area (Å²) in [7, 11) is 1.55. The van der Waals surface area contributed by atoms with Gasteiger partial charge in [-0.05, 0) is 44.3 Å². The number of carbonyl (C=O) groups is 1. The lowest BCUT2D eigenvalue weighted by Crippen LogP contribution is -2.32. The van der Waals surface area contributed by atoms with E-state index in [0.29, 0.717) is 23.0 Å². The first kappa shape index (κ1) is 17.6. The van der Waals surface area contributed by atoms with E-state index in [9.17, 15) is 4.79 Å². The Balaban J connectivity index is 2.39. The summed E-state index contributed by atoms with van der Waals surface area (Å²) in [5, 5.41) is 6.12. The number of hydrogen-bond donors (Lipinski definition) is 2. The monoisotopic (exact) mass is 313 g/mol. The molecule has 0 saturated heterocycles. The quantitative estimate of drug-likeness (QED) is 0.725. The molecule has 1 aromatic carbocycles. The van der Waals surface area contributed by atoms with Crippen molar-refractivity contribution >= 4 is 23.3 Å². The number of methoxy groups -OCH3 is 1. The van der Waals surface area contributed by atoms with E-state index in [1.165, 1.54) is 0 Å². The van der Waals surface area contributed by atoms with E-state index in [1.807, 2.05) is 0 Å². The molecule has 0 aliphatic rings. The van der Waals surface area contributed by atoms with Crippen molar-refractivity contribution in [2.45, 2.75) is 20.3 Å². The first-order chi connectivity index (χ1) is 10.1. The van der Waals surface area contributed by atoms with Crippen molar-refractivity contribution in [3.05, 3.63) is 23.2 Å². The fourth-order valence-corrected chi connectivity index (χ4v) is 2.16. The molecule has 2 N–H and O–H groups in total. The van der Waals surface area contributed by atoms with E-state index in [0.717, 1.165) is 26.1 Å². The van der Waals surface area contributed by atoms with E-state index >= 15 is 0 Å². The Labute approximate surface area is 131 Å². The third-order valence-electron chi connectivity index (χ3n) is 3.24. The molecule has 5 nitrogen and oxygen atoms in total. The molecule has 0 radical (unpaired) electrons. The van der Waals surface area contributed by atoms with Gasteiger partial charge in [-0.25, -0.2) is 4.79 Å². The van der Waals surface area contributed by atoms with Crippen LogP contribution in [0.25, 0.3) is 0 Å². The van der Waals surface area contributed by atoms with E-state index in [1.54, 1.807) is 25.3 Å². The van der Waals surface area contributed by atoms with Gasteiger partial charge in [-0.1, -0.05) is 25.4 Å². The number of carbonyl (C=O) groups excluding carboxylic acids is 1. The van der Waals surface area contributed by atoms with Gasteiger partial charge in [0, 0.05) is 11.6 Å². The molecule has 0 aliphatic carbocycles. The standard InChI is InChI=1S/C15H24ClN3O2/c1-4-19(5-2)10-6-9-17-15(20)18-13-11-12(16)7-8-14(13)21-3/h7-8,11H,4-6,9-10H2,1-3H3,(H2,17,18,20). The Morgan fingerprint density at radius 3 is 2.67 bits per heavy atom. The number of ether oxygens (including phenoxy) is 1. The first-order valence-electron chi connectivity index (χ1n) is 7.21. The smallest absolute Gasteiger partial charge is 0.319 e. The number of halogens is 1. The van der Waals surface area contributed by atoms with Gasteiger partial charge in [0.2, 0.25) is 0 Å². The zero-order valence-electron chi connectivity index (χ0n) is 12.9. The topological polar surface area (TPSA) is 53.6 Å². The van der Waals surface area contributed by atoms with Crippen LogP contribution in [0.4, 0.5) is 10.5 Å². The average Bonchev–Trinajstić information content (AvgIpc) is 2.47. The summed E-state index contributed by atoms with van der Waals surface area (Å²) in [5.74, 6) is 0.581. The number of nitrogens with one attached hydrogen (secondary N) is 2. The fraction of sp³-hybridized carbons (Fsp3) is 0.533. The Morgan fingerprint density at radius 2 is 2.05 bits per heavy atom. The maximum Gasteiger partial charge on any atom is 0.319 e. The Hall–Kier alpha value is -1.46. The number of anilines is 1. The molecule has 0 bridgehead atoms. The number of nitrogens with zero attached hydrogens (tertiary/aromatic N) is 1. The number of hydrogen-bond acceptors (Lipinski definition) is 3. The van der Waals surface area contributed by atoms with Crippen molar-refractivity contribution in [1.82, 2.24) is 10.2 Å². The third-order valence-corrected chi connectivity index (χ3v) is 3.48. The number of amides is 2.